The molecule has 0 aliphatic carbocycles. The van der Waals surface area contributed by atoms with Crippen molar-refractivity contribution in [2.45, 2.75) is 25.7 Å². The topological polar surface area (TPSA) is 64.7 Å². The van der Waals surface area contributed by atoms with Crippen LogP contribution in [0.2, 0.25) is 13.1 Å². The summed E-state index contributed by atoms with van der Waals surface area (Å²) in [4.78, 5) is 0. The number of rotatable bonds is 8. The molecular formula is C7H17BINO3. The summed E-state index contributed by atoms with van der Waals surface area (Å²) in [5.41, 5.74) is 5.28. The van der Waals surface area contributed by atoms with Crippen LogP contribution in [-0.4, -0.2) is 37.9 Å². The second-order valence-electron chi connectivity index (χ2n) is 3.01. The van der Waals surface area contributed by atoms with Gasteiger partial charge in [0, 0.05) is 6.61 Å². The summed E-state index contributed by atoms with van der Waals surface area (Å²) in [6.07, 6.45) is 0.999. The Morgan fingerprint density at radius 1 is 1.62 bits per heavy atom. The highest BCUT2D eigenvalue weighted by Crippen LogP contribution is 2.04. The van der Waals surface area contributed by atoms with Gasteiger partial charge in [-0.05, 0) is 19.3 Å². The van der Waals surface area contributed by atoms with Gasteiger partial charge in [0.2, 0.25) is 0 Å². The molecular weight excluding hydrogens is 284 g/mol. The zero-order valence-corrected chi connectivity index (χ0v) is 10.1. The van der Waals surface area contributed by atoms with Crippen molar-refractivity contribution in [2.24, 2.45) is 5.73 Å². The largest absolute Gasteiger partial charge is 0.391 e. The van der Waals surface area contributed by atoms with E-state index < -0.39 is 6.10 Å². The maximum absolute atomic E-state index is 9.41. The van der Waals surface area contributed by atoms with Crippen molar-refractivity contribution in [3.63, 3.8) is 0 Å². The number of aliphatic hydroxyl groups excluding tert-OH is 1. The Morgan fingerprint density at radius 3 is 2.85 bits per heavy atom. The van der Waals surface area contributed by atoms with Gasteiger partial charge in [0.15, 0.2) is 0 Å². The van der Waals surface area contributed by atoms with Gasteiger partial charge in [-0.15, -0.1) is 0 Å². The monoisotopic (exact) mass is 301 g/mol. The van der Waals surface area contributed by atoms with Crippen LogP contribution in [0.3, 0.4) is 0 Å². The zero-order chi connectivity index (χ0) is 10.1. The Balaban J connectivity index is 3.24. The highest BCUT2D eigenvalue weighted by molar-refractivity contribution is 14.1. The molecule has 0 radical (unpaired) electrons. The molecule has 0 aliphatic heterocycles. The molecule has 0 aromatic carbocycles. The second kappa shape index (κ2) is 9.20. The maximum atomic E-state index is 9.41. The lowest BCUT2D eigenvalue weighted by molar-refractivity contribution is 0.0450. The van der Waals surface area contributed by atoms with E-state index in [0.717, 1.165) is 6.42 Å². The lowest BCUT2D eigenvalue weighted by Gasteiger charge is -2.12. The van der Waals surface area contributed by atoms with E-state index in [0.29, 0.717) is 26.1 Å². The Bertz CT molecular complexity index is 120. The van der Waals surface area contributed by atoms with Gasteiger partial charge in [0.1, 0.15) is 0 Å². The third-order valence-electron chi connectivity index (χ3n) is 1.56. The minimum absolute atomic E-state index is 0.0636. The third-order valence-corrected chi connectivity index (χ3v) is 2.43. The van der Waals surface area contributed by atoms with Gasteiger partial charge in [-0.2, -0.15) is 0 Å². The molecule has 0 fully saturated rings. The molecule has 4 nitrogen and oxygen atoms in total. The molecule has 0 amide bonds. The van der Waals surface area contributed by atoms with Gasteiger partial charge in [0.25, 0.3) is 0 Å². The Kier molecular flexibility index (Phi) is 9.65. The average molecular weight is 301 g/mol. The van der Waals surface area contributed by atoms with Crippen LogP contribution < -0.4 is 5.73 Å². The number of aliphatic hydroxyl groups is 1. The first-order chi connectivity index (χ1) is 6.20. The van der Waals surface area contributed by atoms with E-state index in [2.05, 4.69) is 0 Å². The normalized spacial score (nSPS) is 12.9. The van der Waals surface area contributed by atoms with E-state index in [-0.39, 0.29) is 6.92 Å². The summed E-state index contributed by atoms with van der Waals surface area (Å²) in [6.45, 7) is 3.59. The summed E-state index contributed by atoms with van der Waals surface area (Å²) >= 11 is 1.83. The number of ether oxygens (including phenoxy) is 1. The standard InChI is InChI=1S/C7H17BINO3/c1-8(13-9)5-7(11)6-12-4-2-3-10/h7,11H,2-6,10H2,1H3. The van der Waals surface area contributed by atoms with Crippen LogP contribution in [0.4, 0.5) is 0 Å². The molecule has 0 saturated heterocycles. The summed E-state index contributed by atoms with van der Waals surface area (Å²) in [7, 11) is 0. The van der Waals surface area contributed by atoms with Crippen LogP contribution in [-0.2, 0) is 7.72 Å². The Morgan fingerprint density at radius 2 is 2.31 bits per heavy atom. The molecule has 0 aromatic heterocycles. The second-order valence-corrected chi connectivity index (χ2v) is 3.51. The first-order valence-electron chi connectivity index (χ1n) is 4.44. The number of halogens is 1. The lowest BCUT2D eigenvalue weighted by atomic mass is 9.66. The van der Waals surface area contributed by atoms with E-state index in [1.165, 1.54) is 0 Å². The molecule has 78 valence electrons. The van der Waals surface area contributed by atoms with E-state index in [1.54, 1.807) is 0 Å². The summed E-state index contributed by atoms with van der Waals surface area (Å²) in [5.74, 6) is 0. The molecule has 3 N–H and O–H groups in total. The molecule has 0 aromatic rings. The fourth-order valence-corrected chi connectivity index (χ4v) is 1.10. The highest BCUT2D eigenvalue weighted by Gasteiger charge is 2.14. The van der Waals surface area contributed by atoms with Crippen molar-refractivity contribution >= 4 is 29.9 Å². The SMILES string of the molecule is CB(CC(O)COCCCN)OI. The van der Waals surface area contributed by atoms with Crippen molar-refractivity contribution in [3.05, 3.63) is 0 Å². The summed E-state index contributed by atoms with van der Waals surface area (Å²) in [5, 5.41) is 9.41. The van der Waals surface area contributed by atoms with E-state index in [4.69, 9.17) is 13.5 Å². The maximum Gasteiger partial charge on any atom is 0.307 e. The first-order valence-corrected chi connectivity index (χ1v) is 5.32. The minimum atomic E-state index is -0.442. The van der Waals surface area contributed by atoms with Crippen molar-refractivity contribution in [1.82, 2.24) is 0 Å². The molecule has 1 atom stereocenters. The molecule has 13 heavy (non-hydrogen) atoms. The van der Waals surface area contributed by atoms with Crippen molar-refractivity contribution in [1.29, 1.82) is 0 Å². The predicted molar refractivity (Wildman–Crippen MR) is 62.0 cm³/mol. The fraction of sp³-hybridized carbons (Fsp3) is 1.00. The van der Waals surface area contributed by atoms with Gasteiger partial charge in [-0.3, -0.25) is 0 Å². The van der Waals surface area contributed by atoms with Crippen molar-refractivity contribution in [2.75, 3.05) is 19.8 Å². The quantitative estimate of drug-likeness (QED) is 0.393. The van der Waals surface area contributed by atoms with Crippen LogP contribution in [0, 0.1) is 0 Å². The van der Waals surface area contributed by atoms with Gasteiger partial charge >= 0.3 is 6.92 Å². The van der Waals surface area contributed by atoms with E-state index in [1.807, 2.05) is 29.8 Å². The first kappa shape index (κ1) is 13.6. The lowest BCUT2D eigenvalue weighted by Crippen LogP contribution is -2.23. The van der Waals surface area contributed by atoms with Crippen LogP contribution >= 0.6 is 23.0 Å². The van der Waals surface area contributed by atoms with Gasteiger partial charge in [0.05, 0.1) is 35.7 Å². The van der Waals surface area contributed by atoms with Crippen LogP contribution in [0.5, 0.6) is 0 Å². The van der Waals surface area contributed by atoms with Crippen LogP contribution in [0.15, 0.2) is 0 Å². The molecule has 0 bridgehead atoms. The number of nitrogens with two attached hydrogens (primary N) is 1. The van der Waals surface area contributed by atoms with Gasteiger partial charge < -0.3 is 18.6 Å². The minimum Gasteiger partial charge on any atom is -0.391 e. The molecule has 1 unspecified atom stereocenters. The predicted octanol–water partition coefficient (Wildman–Crippen LogP) is 0.701. The third kappa shape index (κ3) is 8.95. The molecule has 0 rings (SSSR count). The Labute approximate surface area is 94.0 Å². The fourth-order valence-electron chi connectivity index (χ4n) is 0.892. The number of hydrogen-bond acceptors (Lipinski definition) is 4. The van der Waals surface area contributed by atoms with E-state index in [9.17, 15) is 5.11 Å². The smallest absolute Gasteiger partial charge is 0.307 e. The molecule has 0 aliphatic rings. The van der Waals surface area contributed by atoms with Crippen LogP contribution in [0.1, 0.15) is 6.42 Å². The van der Waals surface area contributed by atoms with Gasteiger partial charge in [-0.1, -0.05) is 6.82 Å². The number of hydrogen-bond donors (Lipinski definition) is 2. The molecule has 0 spiro atoms. The molecule has 6 heteroatoms. The van der Waals surface area contributed by atoms with Crippen molar-refractivity contribution < 1.29 is 12.8 Å². The summed E-state index contributed by atoms with van der Waals surface area (Å²) in [6, 6.07) is 0. The zero-order valence-electron chi connectivity index (χ0n) is 7.91. The average Bonchev–Trinajstić information content (AvgIpc) is 2.12. The molecule has 0 saturated carbocycles. The van der Waals surface area contributed by atoms with Gasteiger partial charge in [-0.25, -0.2) is 0 Å². The van der Waals surface area contributed by atoms with Crippen molar-refractivity contribution in [3.8, 4) is 0 Å². The molecule has 0 heterocycles. The summed E-state index contributed by atoms with van der Waals surface area (Å²) < 4.78 is 10.2. The Hall–Kier alpha value is 0.635. The van der Waals surface area contributed by atoms with Crippen LogP contribution in [0.25, 0.3) is 0 Å². The van der Waals surface area contributed by atoms with E-state index >= 15 is 0 Å². The highest BCUT2D eigenvalue weighted by atomic mass is 127.